The summed E-state index contributed by atoms with van der Waals surface area (Å²) in [5.41, 5.74) is 3.17. The molecule has 130 valence electrons. The van der Waals surface area contributed by atoms with Crippen molar-refractivity contribution in [3.63, 3.8) is 0 Å². The van der Waals surface area contributed by atoms with E-state index >= 15 is 0 Å². The monoisotopic (exact) mass is 336 g/mol. The van der Waals surface area contributed by atoms with Crippen molar-refractivity contribution in [1.29, 1.82) is 5.26 Å². The maximum atomic E-state index is 14.7. The number of rotatable bonds is 5. The summed E-state index contributed by atoms with van der Waals surface area (Å²) in [7, 11) is 0. The number of nitriles is 1. The maximum absolute atomic E-state index is 14.7. The van der Waals surface area contributed by atoms with E-state index in [2.05, 4.69) is 47.4 Å². The van der Waals surface area contributed by atoms with Crippen LogP contribution in [0.3, 0.4) is 0 Å². The Morgan fingerprint density at radius 1 is 1.12 bits per heavy atom. The fourth-order valence-corrected chi connectivity index (χ4v) is 3.76. The first-order valence-electron chi connectivity index (χ1n) is 9.04. The molecule has 2 atom stereocenters. The molecular weight excluding hydrogens is 311 g/mol. The van der Waals surface area contributed by atoms with Crippen LogP contribution in [0.5, 0.6) is 0 Å². The predicted octanol–water partition coefficient (Wildman–Crippen LogP) is 5.21. The molecule has 3 heteroatoms. The van der Waals surface area contributed by atoms with E-state index in [0.717, 1.165) is 25.9 Å². The van der Waals surface area contributed by atoms with E-state index < -0.39 is 11.6 Å². The number of piperidine rings is 1. The van der Waals surface area contributed by atoms with Gasteiger partial charge in [-0.3, -0.25) is 4.90 Å². The third-order valence-corrected chi connectivity index (χ3v) is 5.61. The van der Waals surface area contributed by atoms with Crippen LogP contribution in [0.25, 0.3) is 11.1 Å². The van der Waals surface area contributed by atoms with Crippen LogP contribution in [0.15, 0.2) is 54.6 Å². The molecule has 0 spiro atoms. The fraction of sp³-hybridized carbons (Fsp3) is 0.409. The van der Waals surface area contributed by atoms with Gasteiger partial charge in [0.1, 0.15) is 6.17 Å². The number of alkyl halides is 1. The maximum Gasteiger partial charge on any atom is 0.119 e. The first-order valence-corrected chi connectivity index (χ1v) is 9.04. The molecule has 1 fully saturated rings. The first-order chi connectivity index (χ1) is 12.2. The van der Waals surface area contributed by atoms with Crippen molar-refractivity contribution >= 4 is 0 Å². The van der Waals surface area contributed by atoms with Crippen LogP contribution >= 0.6 is 0 Å². The molecule has 0 N–H and O–H groups in total. The number of nitrogens with zero attached hydrogens (tertiary/aromatic N) is 2. The molecule has 0 aromatic heterocycles. The van der Waals surface area contributed by atoms with E-state index in [-0.39, 0.29) is 0 Å². The second kappa shape index (κ2) is 7.80. The Balaban J connectivity index is 1.63. The molecule has 1 aliphatic rings. The van der Waals surface area contributed by atoms with Gasteiger partial charge in [-0.25, -0.2) is 4.39 Å². The standard InChI is InChI=1S/C22H25FN2/c1-2-22(12-14-24)13-15-25(17-21(22)23)16-18-8-10-20(11-9-18)19-6-4-3-5-7-19/h3-11,21H,2,12-13,15-17H2,1H3/t21-,22+/m0/s1. The molecule has 1 heterocycles. The number of halogens is 1. The number of benzene rings is 2. The second-order valence-corrected chi connectivity index (χ2v) is 7.07. The van der Waals surface area contributed by atoms with Gasteiger partial charge >= 0.3 is 0 Å². The van der Waals surface area contributed by atoms with Crippen molar-refractivity contribution < 1.29 is 4.39 Å². The van der Waals surface area contributed by atoms with E-state index in [1.165, 1.54) is 16.7 Å². The van der Waals surface area contributed by atoms with Crippen molar-refractivity contribution in [1.82, 2.24) is 4.90 Å². The van der Waals surface area contributed by atoms with E-state index in [9.17, 15) is 4.39 Å². The largest absolute Gasteiger partial charge is 0.296 e. The molecule has 0 aliphatic carbocycles. The van der Waals surface area contributed by atoms with Crippen molar-refractivity contribution in [3.8, 4) is 17.2 Å². The van der Waals surface area contributed by atoms with Crippen LogP contribution in [-0.2, 0) is 6.54 Å². The Hall–Kier alpha value is -2.18. The van der Waals surface area contributed by atoms with Gasteiger partial charge < -0.3 is 0 Å². The van der Waals surface area contributed by atoms with E-state index in [4.69, 9.17) is 5.26 Å². The molecule has 0 bridgehead atoms. The number of likely N-dealkylation sites (tertiary alicyclic amines) is 1. The zero-order valence-corrected chi connectivity index (χ0v) is 14.8. The Morgan fingerprint density at radius 2 is 1.80 bits per heavy atom. The number of hydrogen-bond donors (Lipinski definition) is 0. The van der Waals surface area contributed by atoms with Crippen LogP contribution in [0.2, 0.25) is 0 Å². The van der Waals surface area contributed by atoms with E-state index in [1.54, 1.807) is 0 Å². The quantitative estimate of drug-likeness (QED) is 0.749. The minimum absolute atomic E-state index is 0.324. The predicted molar refractivity (Wildman–Crippen MR) is 99.6 cm³/mol. The third-order valence-electron chi connectivity index (χ3n) is 5.61. The number of hydrogen-bond acceptors (Lipinski definition) is 2. The molecule has 1 saturated heterocycles. The Morgan fingerprint density at radius 3 is 2.40 bits per heavy atom. The van der Waals surface area contributed by atoms with Crippen LogP contribution in [0.1, 0.15) is 31.7 Å². The summed E-state index contributed by atoms with van der Waals surface area (Å²) in [5, 5.41) is 9.02. The fourth-order valence-electron chi connectivity index (χ4n) is 3.76. The van der Waals surface area contributed by atoms with Gasteiger partial charge in [0.15, 0.2) is 0 Å². The lowest BCUT2D eigenvalue weighted by atomic mass is 9.72. The average Bonchev–Trinajstić information content (AvgIpc) is 2.66. The average molecular weight is 336 g/mol. The molecule has 2 aromatic rings. The van der Waals surface area contributed by atoms with E-state index in [1.807, 2.05) is 25.1 Å². The molecule has 0 radical (unpaired) electrons. The highest BCUT2D eigenvalue weighted by atomic mass is 19.1. The molecule has 0 saturated carbocycles. The summed E-state index contributed by atoms with van der Waals surface area (Å²) in [5.74, 6) is 0. The zero-order chi connectivity index (χ0) is 17.7. The highest BCUT2D eigenvalue weighted by molar-refractivity contribution is 5.63. The van der Waals surface area contributed by atoms with Gasteiger partial charge in [-0.1, -0.05) is 61.5 Å². The molecule has 0 unspecified atom stereocenters. The SMILES string of the molecule is CC[C@@]1(CC#N)CCN(Cc2ccc(-c3ccccc3)cc2)C[C@@H]1F. The van der Waals surface area contributed by atoms with Crippen molar-refractivity contribution in [3.05, 3.63) is 60.2 Å². The summed E-state index contributed by atoms with van der Waals surface area (Å²) in [6.45, 7) is 4.05. The Labute approximate surface area is 149 Å². The van der Waals surface area contributed by atoms with Gasteiger partial charge in [0, 0.05) is 24.9 Å². The minimum Gasteiger partial charge on any atom is -0.296 e. The summed E-state index contributed by atoms with van der Waals surface area (Å²) in [4.78, 5) is 2.17. The summed E-state index contributed by atoms with van der Waals surface area (Å²) in [6.07, 6.45) is 0.904. The van der Waals surface area contributed by atoms with Gasteiger partial charge in [-0.2, -0.15) is 5.26 Å². The highest BCUT2D eigenvalue weighted by Crippen LogP contribution is 2.40. The molecular formula is C22H25FN2. The lowest BCUT2D eigenvalue weighted by molar-refractivity contribution is 0.00335. The van der Waals surface area contributed by atoms with Gasteiger partial charge in [0.2, 0.25) is 0 Å². The molecule has 25 heavy (non-hydrogen) atoms. The van der Waals surface area contributed by atoms with Crippen LogP contribution in [0, 0.1) is 16.7 Å². The van der Waals surface area contributed by atoms with Crippen molar-refractivity contribution in [2.45, 2.75) is 38.9 Å². The topological polar surface area (TPSA) is 27.0 Å². The summed E-state index contributed by atoms with van der Waals surface area (Å²) >= 11 is 0. The van der Waals surface area contributed by atoms with Crippen molar-refractivity contribution in [2.75, 3.05) is 13.1 Å². The zero-order valence-electron chi connectivity index (χ0n) is 14.8. The minimum atomic E-state index is -0.922. The third kappa shape index (κ3) is 3.91. The van der Waals surface area contributed by atoms with Gasteiger partial charge in [-0.15, -0.1) is 0 Å². The van der Waals surface area contributed by atoms with Gasteiger partial charge in [0.25, 0.3) is 0 Å². The van der Waals surface area contributed by atoms with Crippen LogP contribution in [-0.4, -0.2) is 24.2 Å². The molecule has 3 rings (SSSR count). The van der Waals surface area contributed by atoms with Gasteiger partial charge in [-0.05, 0) is 36.1 Å². The smallest absolute Gasteiger partial charge is 0.119 e. The van der Waals surface area contributed by atoms with Crippen molar-refractivity contribution in [2.24, 2.45) is 5.41 Å². The lowest BCUT2D eigenvalue weighted by Crippen LogP contribution is -2.48. The Kier molecular flexibility index (Phi) is 5.50. The molecule has 0 amide bonds. The highest BCUT2D eigenvalue weighted by Gasteiger charge is 2.41. The summed E-state index contributed by atoms with van der Waals surface area (Å²) in [6, 6.07) is 21.0. The second-order valence-electron chi connectivity index (χ2n) is 7.07. The van der Waals surface area contributed by atoms with Crippen LogP contribution < -0.4 is 0 Å². The lowest BCUT2D eigenvalue weighted by Gasteiger charge is -2.42. The first kappa shape index (κ1) is 17.6. The summed E-state index contributed by atoms with van der Waals surface area (Å²) < 4.78 is 14.7. The Bertz CT molecular complexity index is 720. The van der Waals surface area contributed by atoms with Crippen LogP contribution in [0.4, 0.5) is 4.39 Å². The van der Waals surface area contributed by atoms with E-state index in [0.29, 0.717) is 13.0 Å². The van der Waals surface area contributed by atoms with Gasteiger partial charge in [0.05, 0.1) is 6.07 Å². The normalized spacial score (nSPS) is 24.0. The molecule has 1 aliphatic heterocycles. The molecule has 2 nitrogen and oxygen atoms in total. The molecule has 2 aromatic carbocycles.